The molecule has 0 aliphatic heterocycles. The van der Waals surface area contributed by atoms with Crippen LogP contribution in [0.5, 0.6) is 0 Å². The molecule has 0 amide bonds. The van der Waals surface area contributed by atoms with Crippen molar-refractivity contribution >= 4 is 18.4 Å². The summed E-state index contributed by atoms with van der Waals surface area (Å²) < 4.78 is 0. The molecule has 3 nitrogen and oxygen atoms in total. The number of halogens is 1. The van der Waals surface area contributed by atoms with Crippen LogP contribution < -0.4 is 5.32 Å². The van der Waals surface area contributed by atoms with Gasteiger partial charge in [0.15, 0.2) is 0 Å². The van der Waals surface area contributed by atoms with Gasteiger partial charge >= 0.3 is 5.97 Å². The summed E-state index contributed by atoms with van der Waals surface area (Å²) in [5.41, 5.74) is -0.0855. The highest BCUT2D eigenvalue weighted by Gasteiger charge is 2.20. The van der Waals surface area contributed by atoms with Crippen LogP contribution in [0.25, 0.3) is 0 Å². The van der Waals surface area contributed by atoms with Crippen LogP contribution in [0, 0.1) is 0 Å². The molecular weight excluding hydrogens is 178 g/mol. The normalized spacial score (nSPS) is 13.3. The van der Waals surface area contributed by atoms with E-state index in [4.69, 9.17) is 5.11 Å². The van der Waals surface area contributed by atoms with E-state index < -0.39 is 12.0 Å². The predicted molar refractivity (Wildman–Crippen MR) is 51.9 cm³/mol. The van der Waals surface area contributed by atoms with Crippen LogP contribution in [0.4, 0.5) is 0 Å². The van der Waals surface area contributed by atoms with Gasteiger partial charge in [-0.1, -0.05) is 6.92 Å². The van der Waals surface area contributed by atoms with Crippen molar-refractivity contribution in [3.63, 3.8) is 0 Å². The van der Waals surface area contributed by atoms with Crippen molar-refractivity contribution in [2.75, 3.05) is 0 Å². The van der Waals surface area contributed by atoms with Crippen LogP contribution in [-0.2, 0) is 4.79 Å². The minimum atomic E-state index is -0.800. The first-order valence-corrected chi connectivity index (χ1v) is 3.89. The molecule has 0 fully saturated rings. The quantitative estimate of drug-likeness (QED) is 0.718. The first kappa shape index (κ1) is 14.3. The first-order valence-electron chi connectivity index (χ1n) is 3.89. The number of carboxylic acids is 1. The maximum Gasteiger partial charge on any atom is 0.320 e. The molecule has 4 heteroatoms. The Morgan fingerprint density at radius 1 is 1.58 bits per heavy atom. The summed E-state index contributed by atoms with van der Waals surface area (Å²) >= 11 is 0. The van der Waals surface area contributed by atoms with Crippen molar-refractivity contribution in [3.05, 3.63) is 0 Å². The second-order valence-corrected chi connectivity index (χ2v) is 3.44. The summed E-state index contributed by atoms with van der Waals surface area (Å²) in [6.45, 7) is 7.67. The molecule has 0 spiro atoms. The third-order valence-electron chi connectivity index (χ3n) is 1.86. The fraction of sp³-hybridized carbons (Fsp3) is 0.875. The molecule has 0 aliphatic carbocycles. The summed E-state index contributed by atoms with van der Waals surface area (Å²) in [5, 5.41) is 11.6. The van der Waals surface area contributed by atoms with E-state index >= 15 is 0 Å². The molecule has 0 rings (SSSR count). The number of rotatable bonds is 4. The van der Waals surface area contributed by atoms with E-state index in [1.54, 1.807) is 6.92 Å². The summed E-state index contributed by atoms with van der Waals surface area (Å²) in [4.78, 5) is 10.4. The van der Waals surface area contributed by atoms with Gasteiger partial charge in [0.25, 0.3) is 0 Å². The fourth-order valence-electron chi connectivity index (χ4n) is 0.750. The Labute approximate surface area is 80.0 Å². The Bertz CT molecular complexity index is 148. The lowest BCUT2D eigenvalue weighted by molar-refractivity contribution is -0.139. The van der Waals surface area contributed by atoms with Gasteiger partial charge in [-0.25, -0.2) is 0 Å². The van der Waals surface area contributed by atoms with Gasteiger partial charge in [0.2, 0.25) is 0 Å². The minimum absolute atomic E-state index is 0. The fourth-order valence-corrected chi connectivity index (χ4v) is 0.750. The molecular formula is C8H18ClNO2. The lowest BCUT2D eigenvalue weighted by Crippen LogP contribution is -2.47. The van der Waals surface area contributed by atoms with E-state index in [9.17, 15) is 4.79 Å². The van der Waals surface area contributed by atoms with Crippen molar-refractivity contribution < 1.29 is 9.90 Å². The second-order valence-electron chi connectivity index (χ2n) is 3.44. The van der Waals surface area contributed by atoms with E-state index in [0.717, 1.165) is 6.42 Å². The van der Waals surface area contributed by atoms with E-state index in [1.165, 1.54) is 0 Å². The molecule has 0 bridgehead atoms. The molecule has 1 atom stereocenters. The predicted octanol–water partition coefficient (Wildman–Crippen LogP) is 1.66. The Balaban J connectivity index is 0. The minimum Gasteiger partial charge on any atom is -0.480 e. The largest absolute Gasteiger partial charge is 0.480 e. The van der Waals surface area contributed by atoms with E-state index in [-0.39, 0.29) is 17.9 Å². The summed E-state index contributed by atoms with van der Waals surface area (Å²) in [5.74, 6) is -0.800. The number of hydrogen-bond donors (Lipinski definition) is 2. The summed E-state index contributed by atoms with van der Waals surface area (Å²) in [7, 11) is 0. The van der Waals surface area contributed by atoms with Crippen molar-refractivity contribution in [1.82, 2.24) is 5.32 Å². The SMILES string of the molecule is CCC(C)(C)NC(C)C(=O)O.Cl. The third kappa shape index (κ3) is 5.38. The van der Waals surface area contributed by atoms with Gasteiger partial charge in [-0.15, -0.1) is 12.4 Å². The van der Waals surface area contributed by atoms with Crippen LogP contribution >= 0.6 is 12.4 Å². The first-order chi connectivity index (χ1) is 4.89. The molecule has 12 heavy (non-hydrogen) atoms. The molecule has 0 saturated carbocycles. The van der Waals surface area contributed by atoms with Gasteiger partial charge in [0.1, 0.15) is 6.04 Å². The molecule has 2 N–H and O–H groups in total. The molecule has 0 radical (unpaired) electrons. The zero-order chi connectivity index (χ0) is 9.07. The second kappa shape index (κ2) is 5.38. The van der Waals surface area contributed by atoms with E-state index in [0.29, 0.717) is 0 Å². The summed E-state index contributed by atoms with van der Waals surface area (Å²) in [6.07, 6.45) is 0.921. The highest BCUT2D eigenvalue weighted by Crippen LogP contribution is 2.07. The lowest BCUT2D eigenvalue weighted by atomic mass is 10.0. The monoisotopic (exact) mass is 195 g/mol. The molecule has 0 aromatic heterocycles. The standard InChI is InChI=1S/C8H17NO2.ClH/c1-5-8(3,4)9-6(2)7(10)11;/h6,9H,5H2,1-4H3,(H,10,11);1H. The van der Waals surface area contributed by atoms with Gasteiger partial charge in [-0.3, -0.25) is 10.1 Å². The molecule has 0 saturated heterocycles. The van der Waals surface area contributed by atoms with Gasteiger partial charge in [0, 0.05) is 5.54 Å². The topological polar surface area (TPSA) is 49.3 Å². The lowest BCUT2D eigenvalue weighted by Gasteiger charge is -2.26. The Morgan fingerprint density at radius 2 is 2.00 bits per heavy atom. The maximum atomic E-state index is 10.4. The summed E-state index contributed by atoms with van der Waals surface area (Å²) in [6, 6.07) is -0.468. The van der Waals surface area contributed by atoms with Crippen molar-refractivity contribution in [1.29, 1.82) is 0 Å². The van der Waals surface area contributed by atoms with Gasteiger partial charge in [-0.05, 0) is 27.2 Å². The van der Waals surface area contributed by atoms with Crippen LogP contribution in [0.2, 0.25) is 0 Å². The molecule has 0 heterocycles. The Hall–Kier alpha value is -0.280. The van der Waals surface area contributed by atoms with E-state index in [2.05, 4.69) is 5.32 Å². The number of aliphatic carboxylic acids is 1. The maximum absolute atomic E-state index is 10.4. The number of hydrogen-bond acceptors (Lipinski definition) is 2. The van der Waals surface area contributed by atoms with Crippen molar-refractivity contribution in [2.24, 2.45) is 0 Å². The smallest absolute Gasteiger partial charge is 0.320 e. The van der Waals surface area contributed by atoms with E-state index in [1.807, 2.05) is 20.8 Å². The molecule has 0 aliphatic rings. The Morgan fingerprint density at radius 3 is 2.25 bits per heavy atom. The highest BCUT2D eigenvalue weighted by molar-refractivity contribution is 5.85. The van der Waals surface area contributed by atoms with Crippen LogP contribution in [-0.4, -0.2) is 22.7 Å². The number of carbonyl (C=O) groups is 1. The number of carboxylic acid groups (broad SMARTS) is 1. The zero-order valence-corrected chi connectivity index (χ0v) is 8.86. The van der Waals surface area contributed by atoms with Crippen LogP contribution in [0.15, 0.2) is 0 Å². The average molecular weight is 196 g/mol. The highest BCUT2D eigenvalue weighted by atomic mass is 35.5. The van der Waals surface area contributed by atoms with Gasteiger partial charge in [0.05, 0.1) is 0 Å². The van der Waals surface area contributed by atoms with Crippen molar-refractivity contribution in [2.45, 2.75) is 45.7 Å². The van der Waals surface area contributed by atoms with Crippen molar-refractivity contribution in [3.8, 4) is 0 Å². The third-order valence-corrected chi connectivity index (χ3v) is 1.86. The average Bonchev–Trinajstić information content (AvgIpc) is 1.87. The molecule has 74 valence electrons. The number of nitrogens with one attached hydrogen (secondary N) is 1. The Kier molecular flexibility index (Phi) is 6.39. The van der Waals surface area contributed by atoms with Crippen LogP contribution in [0.3, 0.4) is 0 Å². The molecule has 0 aromatic rings. The van der Waals surface area contributed by atoms with Gasteiger partial charge in [-0.2, -0.15) is 0 Å². The van der Waals surface area contributed by atoms with Crippen LogP contribution in [0.1, 0.15) is 34.1 Å². The van der Waals surface area contributed by atoms with Gasteiger partial charge < -0.3 is 5.11 Å². The molecule has 0 aromatic carbocycles. The molecule has 1 unspecified atom stereocenters. The zero-order valence-electron chi connectivity index (χ0n) is 8.05.